The fourth-order valence-electron chi connectivity index (χ4n) is 2.82. The highest BCUT2D eigenvalue weighted by atomic mass is 35.5. The van der Waals surface area contributed by atoms with Gasteiger partial charge in [0.1, 0.15) is 0 Å². The molecule has 0 spiro atoms. The van der Waals surface area contributed by atoms with Crippen molar-refractivity contribution in [2.75, 3.05) is 0 Å². The Balaban J connectivity index is 1.72. The van der Waals surface area contributed by atoms with Crippen molar-refractivity contribution in [2.24, 2.45) is 5.92 Å². The lowest BCUT2D eigenvalue weighted by Crippen LogP contribution is -2.29. The second-order valence-corrected chi connectivity index (χ2v) is 7.50. The third kappa shape index (κ3) is 5.61. The molecule has 0 saturated heterocycles. The van der Waals surface area contributed by atoms with Gasteiger partial charge < -0.3 is 9.30 Å². The predicted octanol–water partition coefficient (Wildman–Crippen LogP) is 5.43. The summed E-state index contributed by atoms with van der Waals surface area (Å²) in [6, 6.07) is 7.69. The minimum Gasteiger partial charge on any atom is -0.371 e. The third-order valence-corrected chi connectivity index (χ3v) is 4.95. The third-order valence-electron chi connectivity index (χ3n) is 4.14. The Morgan fingerprint density at radius 2 is 2.04 bits per heavy atom. The van der Waals surface area contributed by atoms with E-state index in [9.17, 15) is 0 Å². The number of hydrogen-bond donors (Lipinski definition) is 0. The van der Waals surface area contributed by atoms with Crippen LogP contribution < -0.4 is 0 Å². The summed E-state index contributed by atoms with van der Waals surface area (Å²) in [6.07, 6.45) is 12.1. The number of imidazole rings is 1. The van der Waals surface area contributed by atoms with Gasteiger partial charge in [-0.15, -0.1) is 11.6 Å². The summed E-state index contributed by atoms with van der Waals surface area (Å²) in [5, 5.41) is 1.27. The SMILES string of the molecule is ClC1=CC(Cl)CC([C@H](Cn2ccnc2)OCc2ccc(Cl)cc2)C=C1. The van der Waals surface area contributed by atoms with Crippen LogP contribution in [-0.4, -0.2) is 21.0 Å². The van der Waals surface area contributed by atoms with E-state index >= 15 is 0 Å². The Morgan fingerprint density at radius 3 is 2.76 bits per heavy atom. The molecule has 0 N–H and O–H groups in total. The van der Waals surface area contributed by atoms with Crippen LogP contribution >= 0.6 is 34.8 Å². The van der Waals surface area contributed by atoms with Crippen molar-refractivity contribution < 1.29 is 4.74 Å². The molecule has 2 unspecified atom stereocenters. The quantitative estimate of drug-likeness (QED) is 0.608. The van der Waals surface area contributed by atoms with Crippen LogP contribution in [-0.2, 0) is 17.9 Å². The lowest BCUT2D eigenvalue weighted by atomic mass is 9.96. The maximum Gasteiger partial charge on any atom is 0.0946 e. The molecule has 6 heteroatoms. The first-order valence-corrected chi connectivity index (χ1v) is 9.31. The normalized spacial score (nSPS) is 21.6. The van der Waals surface area contributed by atoms with Gasteiger partial charge in [0.2, 0.25) is 0 Å². The van der Waals surface area contributed by atoms with Gasteiger partial charge in [0, 0.05) is 28.4 Å². The topological polar surface area (TPSA) is 27.1 Å². The van der Waals surface area contributed by atoms with Crippen LogP contribution in [0.4, 0.5) is 0 Å². The zero-order valence-electron chi connectivity index (χ0n) is 13.6. The molecule has 3 nitrogen and oxygen atoms in total. The van der Waals surface area contributed by atoms with Crippen LogP contribution in [0, 0.1) is 5.92 Å². The average molecular weight is 398 g/mol. The highest BCUT2D eigenvalue weighted by Gasteiger charge is 2.24. The first-order valence-electron chi connectivity index (χ1n) is 8.11. The van der Waals surface area contributed by atoms with Crippen molar-refractivity contribution in [3.05, 3.63) is 76.8 Å². The molecule has 0 aliphatic heterocycles. The number of hydrogen-bond acceptors (Lipinski definition) is 2. The summed E-state index contributed by atoms with van der Waals surface area (Å²) >= 11 is 18.5. The molecule has 0 amide bonds. The molecule has 1 aromatic carbocycles. The molecule has 25 heavy (non-hydrogen) atoms. The maximum absolute atomic E-state index is 6.38. The van der Waals surface area contributed by atoms with Gasteiger partial charge in [-0.3, -0.25) is 0 Å². The zero-order valence-corrected chi connectivity index (χ0v) is 15.8. The molecular weight excluding hydrogens is 379 g/mol. The monoisotopic (exact) mass is 396 g/mol. The molecule has 0 radical (unpaired) electrons. The lowest BCUT2D eigenvalue weighted by molar-refractivity contribution is 0.00104. The van der Waals surface area contributed by atoms with Gasteiger partial charge in [-0.1, -0.05) is 41.4 Å². The van der Waals surface area contributed by atoms with E-state index in [-0.39, 0.29) is 17.4 Å². The van der Waals surface area contributed by atoms with Crippen molar-refractivity contribution in [3.63, 3.8) is 0 Å². The molecule has 1 heterocycles. The smallest absolute Gasteiger partial charge is 0.0946 e. The zero-order chi connectivity index (χ0) is 17.6. The highest BCUT2D eigenvalue weighted by molar-refractivity contribution is 6.32. The Hall–Kier alpha value is -1.26. The van der Waals surface area contributed by atoms with E-state index in [0.29, 0.717) is 18.2 Å². The summed E-state index contributed by atoms with van der Waals surface area (Å²) in [5.74, 6) is 0.157. The maximum atomic E-state index is 6.38. The minimum absolute atomic E-state index is 0.0432. The fourth-order valence-corrected chi connectivity index (χ4v) is 3.58. The molecule has 3 atom stereocenters. The summed E-state index contributed by atoms with van der Waals surface area (Å²) < 4.78 is 8.27. The second-order valence-electron chi connectivity index (χ2n) is 6.06. The number of alkyl halides is 1. The summed E-state index contributed by atoms with van der Waals surface area (Å²) in [4.78, 5) is 4.11. The van der Waals surface area contributed by atoms with Crippen molar-refractivity contribution in [3.8, 4) is 0 Å². The van der Waals surface area contributed by atoms with Gasteiger partial charge in [-0.25, -0.2) is 4.98 Å². The minimum atomic E-state index is -0.114. The average Bonchev–Trinajstić information content (AvgIpc) is 3.03. The molecule has 1 aliphatic rings. The Bertz CT molecular complexity index is 726. The molecule has 2 aromatic rings. The van der Waals surface area contributed by atoms with Crippen LogP contribution in [0.3, 0.4) is 0 Å². The Labute approximate surface area is 162 Å². The highest BCUT2D eigenvalue weighted by Crippen LogP contribution is 2.27. The Kier molecular flexibility index (Phi) is 6.60. The molecular formula is C19H19Cl3N2O. The number of nitrogens with zero attached hydrogens (tertiary/aromatic N) is 2. The van der Waals surface area contributed by atoms with Crippen LogP contribution in [0.2, 0.25) is 5.02 Å². The number of aromatic nitrogens is 2. The van der Waals surface area contributed by atoms with Crippen LogP contribution in [0.25, 0.3) is 0 Å². The van der Waals surface area contributed by atoms with Crippen molar-refractivity contribution in [1.29, 1.82) is 0 Å². The van der Waals surface area contributed by atoms with E-state index in [1.807, 2.05) is 47.2 Å². The van der Waals surface area contributed by atoms with E-state index in [1.54, 1.807) is 12.5 Å². The first-order chi connectivity index (χ1) is 12.1. The number of ether oxygens (including phenoxy) is 1. The first kappa shape index (κ1) is 18.5. The summed E-state index contributed by atoms with van der Waals surface area (Å²) in [6.45, 7) is 1.21. The Morgan fingerprint density at radius 1 is 1.24 bits per heavy atom. The van der Waals surface area contributed by atoms with E-state index in [0.717, 1.165) is 17.0 Å². The van der Waals surface area contributed by atoms with Crippen molar-refractivity contribution in [2.45, 2.75) is 31.1 Å². The largest absolute Gasteiger partial charge is 0.371 e. The standard InChI is InChI=1S/C19H19Cl3N2O/c20-16-4-1-14(2-5-16)12-25-19(11-24-8-7-23-13-24)15-3-6-17(21)10-18(22)9-15/h1-8,10,13,15,18-19H,9,11-12H2/t15?,18?,19-/m0/s1. The number of rotatable bonds is 6. The van der Waals surface area contributed by atoms with Gasteiger partial charge in [-0.2, -0.15) is 0 Å². The number of benzene rings is 1. The van der Waals surface area contributed by atoms with Gasteiger partial charge >= 0.3 is 0 Å². The number of allylic oxidation sites excluding steroid dienone is 3. The number of halogens is 3. The molecule has 0 bridgehead atoms. The van der Waals surface area contributed by atoms with E-state index in [1.165, 1.54) is 0 Å². The second kappa shape index (κ2) is 8.91. The van der Waals surface area contributed by atoms with Gasteiger partial charge in [-0.05, 0) is 36.3 Å². The van der Waals surface area contributed by atoms with Crippen molar-refractivity contribution in [1.82, 2.24) is 9.55 Å². The van der Waals surface area contributed by atoms with Gasteiger partial charge in [0.05, 0.1) is 31.0 Å². The fraction of sp³-hybridized carbons (Fsp3) is 0.316. The molecule has 132 valence electrons. The molecule has 1 aromatic heterocycles. The summed E-state index contributed by atoms with van der Waals surface area (Å²) in [7, 11) is 0. The molecule has 0 fully saturated rings. The summed E-state index contributed by atoms with van der Waals surface area (Å²) in [5.41, 5.74) is 1.08. The molecule has 3 rings (SSSR count). The van der Waals surface area contributed by atoms with Gasteiger partial charge in [0.25, 0.3) is 0 Å². The van der Waals surface area contributed by atoms with Gasteiger partial charge in [0.15, 0.2) is 0 Å². The molecule has 1 aliphatic carbocycles. The lowest BCUT2D eigenvalue weighted by Gasteiger charge is -2.26. The van der Waals surface area contributed by atoms with E-state index < -0.39 is 0 Å². The van der Waals surface area contributed by atoms with Crippen LogP contribution in [0.1, 0.15) is 12.0 Å². The van der Waals surface area contributed by atoms with Crippen molar-refractivity contribution >= 4 is 34.8 Å². The van der Waals surface area contributed by atoms with E-state index in [2.05, 4.69) is 11.1 Å². The van der Waals surface area contributed by atoms with E-state index in [4.69, 9.17) is 39.5 Å². The molecule has 0 saturated carbocycles. The van der Waals surface area contributed by atoms with Crippen LogP contribution in [0.15, 0.2) is 66.2 Å². The van der Waals surface area contributed by atoms with Crippen LogP contribution in [0.5, 0.6) is 0 Å². The predicted molar refractivity (Wildman–Crippen MR) is 103 cm³/mol.